The molecule has 2 aliphatic rings. The van der Waals surface area contributed by atoms with Crippen molar-refractivity contribution in [2.24, 2.45) is 11.8 Å². The monoisotopic (exact) mass is 248 g/mol. The van der Waals surface area contributed by atoms with Crippen LogP contribution >= 0.6 is 0 Å². The minimum absolute atomic E-state index is 0.339. The number of rotatable bonds is 2. The van der Waals surface area contributed by atoms with Crippen molar-refractivity contribution in [1.82, 2.24) is 14.9 Å². The van der Waals surface area contributed by atoms with E-state index in [4.69, 9.17) is 5.73 Å². The van der Waals surface area contributed by atoms with Crippen molar-refractivity contribution in [1.29, 1.82) is 0 Å². The number of fused-ring (bicyclic) bond motifs is 1. The lowest BCUT2D eigenvalue weighted by atomic mass is 10.0. The van der Waals surface area contributed by atoms with Gasteiger partial charge < -0.3 is 20.9 Å². The summed E-state index contributed by atoms with van der Waals surface area (Å²) in [4.78, 5) is 13.2. The summed E-state index contributed by atoms with van der Waals surface area (Å²) in [6.07, 6.45) is 0. The molecule has 6 nitrogen and oxygen atoms in total. The molecule has 2 saturated heterocycles. The molecule has 1 aromatic heterocycles. The van der Waals surface area contributed by atoms with Crippen LogP contribution < -0.4 is 16.0 Å². The van der Waals surface area contributed by atoms with Crippen LogP contribution in [0.2, 0.25) is 0 Å². The number of hydrogen-bond donors (Lipinski definition) is 2. The van der Waals surface area contributed by atoms with Crippen molar-refractivity contribution < 1.29 is 0 Å². The lowest BCUT2D eigenvalue weighted by molar-refractivity contribution is 0.387. The van der Waals surface area contributed by atoms with E-state index in [2.05, 4.69) is 32.1 Å². The average Bonchev–Trinajstić information content (AvgIpc) is 2.85. The Morgan fingerprint density at radius 3 is 2.50 bits per heavy atom. The first-order valence-corrected chi connectivity index (χ1v) is 6.41. The van der Waals surface area contributed by atoms with E-state index in [1.807, 2.05) is 13.1 Å². The quantitative estimate of drug-likeness (QED) is 0.773. The Labute approximate surface area is 107 Å². The fourth-order valence-corrected chi connectivity index (χ4v) is 3.16. The van der Waals surface area contributed by atoms with Crippen molar-refractivity contribution in [2.75, 3.05) is 56.2 Å². The molecule has 2 aliphatic heterocycles. The summed E-state index contributed by atoms with van der Waals surface area (Å²) in [5, 5.41) is 3.02. The number of nitrogens with one attached hydrogen (secondary N) is 1. The van der Waals surface area contributed by atoms with Gasteiger partial charge in [0.05, 0.1) is 0 Å². The van der Waals surface area contributed by atoms with Gasteiger partial charge in [-0.25, -0.2) is 0 Å². The SMILES string of the molecule is CNc1cc(N2CC3CN(C)CC3C2)nc(N)n1. The fraction of sp³-hybridized carbons (Fsp3) is 0.667. The lowest BCUT2D eigenvalue weighted by Gasteiger charge is -2.20. The largest absolute Gasteiger partial charge is 0.373 e. The predicted octanol–water partition coefficient (Wildman–Crippen LogP) is 0.0983. The van der Waals surface area contributed by atoms with Crippen LogP contribution in [0.3, 0.4) is 0 Å². The Morgan fingerprint density at radius 2 is 1.89 bits per heavy atom. The van der Waals surface area contributed by atoms with Gasteiger partial charge in [-0.3, -0.25) is 0 Å². The van der Waals surface area contributed by atoms with Crippen LogP contribution in [0.25, 0.3) is 0 Å². The van der Waals surface area contributed by atoms with Gasteiger partial charge in [-0.1, -0.05) is 0 Å². The van der Waals surface area contributed by atoms with E-state index in [0.717, 1.165) is 36.6 Å². The molecule has 0 aromatic carbocycles. The molecule has 2 atom stereocenters. The minimum atomic E-state index is 0.339. The van der Waals surface area contributed by atoms with Crippen molar-refractivity contribution >= 4 is 17.6 Å². The second-order valence-corrected chi connectivity index (χ2v) is 5.37. The molecule has 2 unspecified atom stereocenters. The third kappa shape index (κ3) is 1.96. The Kier molecular flexibility index (Phi) is 2.74. The molecule has 3 N–H and O–H groups in total. The van der Waals surface area contributed by atoms with Gasteiger partial charge in [-0.15, -0.1) is 0 Å². The number of hydrogen-bond acceptors (Lipinski definition) is 6. The van der Waals surface area contributed by atoms with Crippen LogP contribution in [0.15, 0.2) is 6.07 Å². The zero-order valence-corrected chi connectivity index (χ0v) is 10.9. The van der Waals surface area contributed by atoms with Crippen LogP contribution in [-0.2, 0) is 0 Å². The summed E-state index contributed by atoms with van der Waals surface area (Å²) in [6, 6.07) is 1.97. The molecular formula is C12H20N6. The highest BCUT2D eigenvalue weighted by Gasteiger charge is 2.39. The molecular weight excluding hydrogens is 228 g/mol. The Balaban J connectivity index is 1.79. The molecule has 0 spiro atoms. The summed E-state index contributed by atoms with van der Waals surface area (Å²) in [7, 11) is 4.05. The van der Waals surface area contributed by atoms with Gasteiger partial charge in [0.25, 0.3) is 0 Å². The van der Waals surface area contributed by atoms with Crippen molar-refractivity contribution in [3.05, 3.63) is 6.07 Å². The number of likely N-dealkylation sites (tertiary alicyclic amines) is 1. The average molecular weight is 248 g/mol. The van der Waals surface area contributed by atoms with Crippen LogP contribution in [0.4, 0.5) is 17.6 Å². The summed E-state index contributed by atoms with van der Waals surface area (Å²) in [6.45, 7) is 4.55. The molecule has 6 heteroatoms. The van der Waals surface area contributed by atoms with Crippen molar-refractivity contribution in [3.8, 4) is 0 Å². The molecule has 2 fully saturated rings. The highest BCUT2D eigenvalue weighted by molar-refractivity contribution is 5.53. The van der Waals surface area contributed by atoms with Gasteiger partial charge in [-0.2, -0.15) is 9.97 Å². The number of anilines is 3. The van der Waals surface area contributed by atoms with Gasteiger partial charge in [0.2, 0.25) is 5.95 Å². The second kappa shape index (κ2) is 4.28. The summed E-state index contributed by atoms with van der Waals surface area (Å²) < 4.78 is 0. The summed E-state index contributed by atoms with van der Waals surface area (Å²) in [5.41, 5.74) is 5.74. The van der Waals surface area contributed by atoms with E-state index < -0.39 is 0 Å². The highest BCUT2D eigenvalue weighted by Crippen LogP contribution is 2.33. The van der Waals surface area contributed by atoms with E-state index in [-0.39, 0.29) is 0 Å². The number of aromatic nitrogens is 2. The molecule has 0 amide bonds. The third-order valence-corrected chi connectivity index (χ3v) is 3.98. The zero-order valence-electron chi connectivity index (χ0n) is 10.9. The number of nitrogens with zero attached hydrogens (tertiary/aromatic N) is 4. The van der Waals surface area contributed by atoms with Gasteiger partial charge in [0.1, 0.15) is 11.6 Å². The molecule has 18 heavy (non-hydrogen) atoms. The highest BCUT2D eigenvalue weighted by atomic mass is 15.3. The van der Waals surface area contributed by atoms with E-state index in [9.17, 15) is 0 Å². The standard InChI is InChI=1S/C12H20N6/c1-14-10-3-11(16-12(13)15-10)18-6-8-4-17(2)5-9(8)7-18/h3,8-9H,4-7H2,1-2H3,(H3,13,14,15,16). The molecule has 1 aromatic rings. The molecule has 0 bridgehead atoms. The Hall–Kier alpha value is -1.56. The Bertz CT molecular complexity index is 434. The maximum Gasteiger partial charge on any atom is 0.223 e. The molecule has 3 rings (SSSR count). The first-order valence-electron chi connectivity index (χ1n) is 6.41. The lowest BCUT2D eigenvalue weighted by Crippen LogP contribution is -2.27. The number of nitrogens with two attached hydrogens (primary N) is 1. The minimum Gasteiger partial charge on any atom is -0.373 e. The zero-order chi connectivity index (χ0) is 12.7. The van der Waals surface area contributed by atoms with Crippen LogP contribution in [-0.4, -0.2) is 55.1 Å². The van der Waals surface area contributed by atoms with Gasteiger partial charge in [-0.05, 0) is 18.9 Å². The molecule has 0 radical (unpaired) electrons. The van der Waals surface area contributed by atoms with Crippen LogP contribution in [0.1, 0.15) is 0 Å². The maximum absolute atomic E-state index is 5.74. The Morgan fingerprint density at radius 1 is 1.22 bits per heavy atom. The summed E-state index contributed by atoms with van der Waals surface area (Å²) in [5.74, 6) is 3.61. The molecule has 98 valence electrons. The van der Waals surface area contributed by atoms with Gasteiger partial charge in [0, 0.05) is 39.3 Å². The first-order chi connectivity index (χ1) is 8.65. The predicted molar refractivity (Wildman–Crippen MR) is 72.7 cm³/mol. The van der Waals surface area contributed by atoms with Gasteiger partial charge >= 0.3 is 0 Å². The molecule has 0 aliphatic carbocycles. The van der Waals surface area contributed by atoms with Crippen LogP contribution in [0, 0.1) is 11.8 Å². The first kappa shape index (κ1) is 11.5. The topological polar surface area (TPSA) is 70.3 Å². The maximum atomic E-state index is 5.74. The smallest absolute Gasteiger partial charge is 0.223 e. The van der Waals surface area contributed by atoms with Crippen molar-refractivity contribution in [2.45, 2.75) is 0 Å². The van der Waals surface area contributed by atoms with E-state index >= 15 is 0 Å². The summed E-state index contributed by atoms with van der Waals surface area (Å²) >= 11 is 0. The van der Waals surface area contributed by atoms with Crippen LogP contribution in [0.5, 0.6) is 0 Å². The van der Waals surface area contributed by atoms with Crippen molar-refractivity contribution in [3.63, 3.8) is 0 Å². The molecule has 3 heterocycles. The third-order valence-electron chi connectivity index (χ3n) is 3.98. The van der Waals surface area contributed by atoms with E-state index in [1.165, 1.54) is 13.1 Å². The molecule has 0 saturated carbocycles. The fourth-order valence-electron chi connectivity index (χ4n) is 3.16. The van der Waals surface area contributed by atoms with Gasteiger partial charge in [0.15, 0.2) is 0 Å². The van der Waals surface area contributed by atoms with E-state index in [0.29, 0.717) is 5.95 Å². The normalized spacial score (nSPS) is 27.6. The second-order valence-electron chi connectivity index (χ2n) is 5.37. The number of nitrogen functional groups attached to an aromatic ring is 1. The van der Waals surface area contributed by atoms with E-state index in [1.54, 1.807) is 0 Å².